The summed E-state index contributed by atoms with van der Waals surface area (Å²) >= 11 is 0. The first-order valence-electron chi connectivity index (χ1n) is 11.6. The zero-order valence-electron chi connectivity index (χ0n) is 19.8. The van der Waals surface area contributed by atoms with Gasteiger partial charge in [-0.25, -0.2) is 9.37 Å². The molecule has 0 bridgehead atoms. The Morgan fingerprint density at radius 2 is 1.83 bits per heavy atom. The van der Waals surface area contributed by atoms with Crippen molar-refractivity contribution in [2.45, 2.75) is 26.3 Å². The first-order valence-corrected chi connectivity index (χ1v) is 11.6. The van der Waals surface area contributed by atoms with Crippen LogP contribution in [0.1, 0.15) is 46.0 Å². The van der Waals surface area contributed by atoms with E-state index in [-0.39, 0.29) is 29.6 Å². The molecular weight excluding hydrogens is 449 g/mol. The van der Waals surface area contributed by atoms with E-state index in [9.17, 15) is 14.0 Å². The van der Waals surface area contributed by atoms with Crippen LogP contribution in [0.3, 0.4) is 0 Å². The van der Waals surface area contributed by atoms with Gasteiger partial charge in [0.1, 0.15) is 5.56 Å². The Morgan fingerprint density at radius 3 is 2.54 bits per heavy atom. The molecule has 2 N–H and O–H groups in total. The number of rotatable bonds is 10. The standard InChI is InChI=1S/C27H28FN3O4/c1-3-29-25(32)21-7-5-4-6-20(21)19-13-22(27(31-15-19)35-16-17-8-9-17)26(33)30-14-18-10-11-24(34-2)23(28)12-18/h4-7,10-13,15,17H,3,8-9,14,16H2,1-2H3,(H,29,32)(H,30,33). The van der Waals surface area contributed by atoms with Gasteiger partial charge in [0.05, 0.1) is 13.7 Å². The van der Waals surface area contributed by atoms with Crippen LogP contribution in [0.25, 0.3) is 11.1 Å². The number of aromatic nitrogens is 1. The van der Waals surface area contributed by atoms with Crippen molar-refractivity contribution in [2.75, 3.05) is 20.3 Å². The molecule has 1 aliphatic rings. The molecule has 1 fully saturated rings. The smallest absolute Gasteiger partial charge is 0.257 e. The highest BCUT2D eigenvalue weighted by molar-refractivity contribution is 6.02. The third kappa shape index (κ3) is 5.95. The maximum Gasteiger partial charge on any atom is 0.257 e. The quantitative estimate of drug-likeness (QED) is 0.453. The molecule has 0 saturated heterocycles. The summed E-state index contributed by atoms with van der Waals surface area (Å²) in [6.45, 7) is 2.96. The number of nitrogens with zero attached hydrogens (tertiary/aromatic N) is 1. The molecule has 3 aromatic rings. The Hall–Kier alpha value is -3.94. The van der Waals surface area contributed by atoms with Crippen LogP contribution >= 0.6 is 0 Å². The van der Waals surface area contributed by atoms with Crippen LogP contribution in [0.4, 0.5) is 4.39 Å². The minimum absolute atomic E-state index is 0.113. The highest BCUT2D eigenvalue weighted by Gasteiger charge is 2.24. The van der Waals surface area contributed by atoms with Crippen molar-refractivity contribution in [3.05, 3.63) is 77.2 Å². The van der Waals surface area contributed by atoms with Crippen LogP contribution in [-0.4, -0.2) is 37.1 Å². The highest BCUT2D eigenvalue weighted by Crippen LogP contribution is 2.31. The maximum absolute atomic E-state index is 14.0. The summed E-state index contributed by atoms with van der Waals surface area (Å²) in [6.07, 6.45) is 3.81. The fraction of sp³-hybridized carbons (Fsp3) is 0.296. The number of ether oxygens (including phenoxy) is 2. The van der Waals surface area contributed by atoms with Crippen LogP contribution in [0.2, 0.25) is 0 Å². The summed E-state index contributed by atoms with van der Waals surface area (Å²) in [6, 6.07) is 13.4. The maximum atomic E-state index is 14.0. The molecule has 8 heteroatoms. The van der Waals surface area contributed by atoms with E-state index < -0.39 is 11.7 Å². The minimum atomic E-state index is -0.502. The highest BCUT2D eigenvalue weighted by atomic mass is 19.1. The number of hydrogen-bond acceptors (Lipinski definition) is 5. The molecule has 0 radical (unpaired) electrons. The second-order valence-electron chi connectivity index (χ2n) is 8.39. The Morgan fingerprint density at radius 1 is 1.06 bits per heavy atom. The van der Waals surface area contributed by atoms with Crippen LogP contribution < -0.4 is 20.1 Å². The van der Waals surface area contributed by atoms with Crippen molar-refractivity contribution in [1.82, 2.24) is 15.6 Å². The molecule has 0 spiro atoms. The van der Waals surface area contributed by atoms with E-state index in [1.165, 1.54) is 19.2 Å². The topological polar surface area (TPSA) is 89.5 Å². The van der Waals surface area contributed by atoms with Gasteiger partial charge in [0, 0.05) is 30.4 Å². The van der Waals surface area contributed by atoms with Gasteiger partial charge in [0.2, 0.25) is 5.88 Å². The van der Waals surface area contributed by atoms with E-state index in [1.54, 1.807) is 30.5 Å². The number of amides is 2. The molecule has 0 aliphatic heterocycles. The van der Waals surface area contributed by atoms with Gasteiger partial charge >= 0.3 is 0 Å². The van der Waals surface area contributed by atoms with Crippen LogP contribution in [0.15, 0.2) is 54.7 Å². The predicted molar refractivity (Wildman–Crippen MR) is 130 cm³/mol. The lowest BCUT2D eigenvalue weighted by molar-refractivity contribution is 0.0941. The van der Waals surface area contributed by atoms with Gasteiger partial charge in [0.25, 0.3) is 11.8 Å². The second kappa shape index (κ2) is 11.0. The lowest BCUT2D eigenvalue weighted by atomic mass is 9.99. The van der Waals surface area contributed by atoms with Gasteiger partial charge in [-0.3, -0.25) is 9.59 Å². The number of carbonyl (C=O) groups is 2. The minimum Gasteiger partial charge on any atom is -0.494 e. The molecule has 1 aliphatic carbocycles. The Bertz CT molecular complexity index is 1230. The summed E-state index contributed by atoms with van der Waals surface area (Å²) in [5.74, 6) is -0.263. The SMILES string of the molecule is CCNC(=O)c1ccccc1-c1cnc(OCC2CC2)c(C(=O)NCc2ccc(OC)c(F)c2)c1. The number of halogens is 1. The van der Waals surface area contributed by atoms with Gasteiger partial charge in [-0.2, -0.15) is 0 Å². The molecule has 4 rings (SSSR count). The van der Waals surface area contributed by atoms with Gasteiger partial charge in [-0.15, -0.1) is 0 Å². The molecule has 1 heterocycles. The number of hydrogen-bond donors (Lipinski definition) is 2. The first kappa shape index (κ1) is 24.2. The number of methoxy groups -OCH3 is 1. The van der Waals surface area contributed by atoms with Gasteiger partial charge in [-0.1, -0.05) is 24.3 Å². The van der Waals surface area contributed by atoms with Crippen molar-refractivity contribution in [3.8, 4) is 22.8 Å². The summed E-state index contributed by atoms with van der Waals surface area (Å²) < 4.78 is 24.8. The summed E-state index contributed by atoms with van der Waals surface area (Å²) in [4.78, 5) is 30.2. The van der Waals surface area contributed by atoms with Crippen LogP contribution in [0.5, 0.6) is 11.6 Å². The van der Waals surface area contributed by atoms with E-state index in [4.69, 9.17) is 9.47 Å². The number of benzene rings is 2. The van der Waals surface area contributed by atoms with E-state index in [2.05, 4.69) is 15.6 Å². The van der Waals surface area contributed by atoms with Gasteiger partial charge < -0.3 is 20.1 Å². The second-order valence-corrected chi connectivity index (χ2v) is 8.39. The largest absolute Gasteiger partial charge is 0.494 e. The zero-order valence-corrected chi connectivity index (χ0v) is 19.8. The Kier molecular flexibility index (Phi) is 7.60. The number of pyridine rings is 1. The van der Waals surface area contributed by atoms with Crippen molar-refractivity contribution >= 4 is 11.8 Å². The predicted octanol–water partition coefficient (Wildman–Crippen LogP) is 4.36. The molecule has 2 aromatic carbocycles. The van der Waals surface area contributed by atoms with Gasteiger partial charge in [-0.05, 0) is 61.1 Å². The van der Waals surface area contributed by atoms with E-state index in [0.29, 0.717) is 41.3 Å². The van der Waals surface area contributed by atoms with Crippen molar-refractivity contribution in [1.29, 1.82) is 0 Å². The van der Waals surface area contributed by atoms with E-state index >= 15 is 0 Å². The summed E-state index contributed by atoms with van der Waals surface area (Å²) in [5.41, 5.74) is 2.60. The molecule has 2 amide bonds. The summed E-state index contributed by atoms with van der Waals surface area (Å²) in [7, 11) is 1.40. The van der Waals surface area contributed by atoms with Crippen LogP contribution in [-0.2, 0) is 6.54 Å². The molecule has 35 heavy (non-hydrogen) atoms. The number of carbonyl (C=O) groups excluding carboxylic acids is 2. The lowest BCUT2D eigenvalue weighted by Gasteiger charge is -2.14. The fourth-order valence-corrected chi connectivity index (χ4v) is 3.64. The molecule has 7 nitrogen and oxygen atoms in total. The molecule has 1 aromatic heterocycles. The molecule has 182 valence electrons. The normalized spacial score (nSPS) is 12.7. The molecule has 0 unspecified atom stereocenters. The number of nitrogens with one attached hydrogen (secondary N) is 2. The summed E-state index contributed by atoms with van der Waals surface area (Å²) in [5, 5.41) is 5.62. The average molecular weight is 478 g/mol. The van der Waals surface area contributed by atoms with Gasteiger partial charge in [0.15, 0.2) is 11.6 Å². The van der Waals surface area contributed by atoms with Crippen molar-refractivity contribution < 1.29 is 23.5 Å². The lowest BCUT2D eigenvalue weighted by Crippen LogP contribution is -2.24. The average Bonchev–Trinajstić information content (AvgIpc) is 3.71. The zero-order chi connectivity index (χ0) is 24.8. The molecular formula is C27H28FN3O4. The third-order valence-electron chi connectivity index (χ3n) is 5.74. The van der Waals surface area contributed by atoms with E-state index in [1.807, 2.05) is 19.1 Å². The van der Waals surface area contributed by atoms with Crippen molar-refractivity contribution in [3.63, 3.8) is 0 Å². The molecule has 1 saturated carbocycles. The molecule has 0 atom stereocenters. The van der Waals surface area contributed by atoms with Crippen molar-refractivity contribution in [2.24, 2.45) is 5.92 Å². The first-order chi connectivity index (χ1) is 17.0. The van der Waals surface area contributed by atoms with E-state index in [0.717, 1.165) is 12.8 Å². The monoisotopic (exact) mass is 477 g/mol. The Balaban J connectivity index is 1.61. The third-order valence-corrected chi connectivity index (χ3v) is 5.74. The fourth-order valence-electron chi connectivity index (χ4n) is 3.64. The van der Waals surface area contributed by atoms with Crippen LogP contribution in [0, 0.1) is 11.7 Å². The Labute approximate surface area is 203 Å².